The quantitative estimate of drug-likeness (QED) is 0.787. The molecule has 0 aliphatic heterocycles. The van der Waals surface area contributed by atoms with Crippen LogP contribution < -0.4 is 11.1 Å². The number of nitrogens with one attached hydrogen (secondary N) is 1. The van der Waals surface area contributed by atoms with Crippen molar-refractivity contribution in [3.63, 3.8) is 0 Å². The molecule has 0 heterocycles. The van der Waals surface area contributed by atoms with Gasteiger partial charge in [0.2, 0.25) is 0 Å². The fraction of sp³-hybridized carbons (Fsp3) is 0.571. The van der Waals surface area contributed by atoms with E-state index in [1.165, 1.54) is 32.1 Å². The van der Waals surface area contributed by atoms with Gasteiger partial charge in [-0.25, -0.2) is 0 Å². The second-order valence-electron chi connectivity index (χ2n) is 4.98. The van der Waals surface area contributed by atoms with Crippen molar-refractivity contribution in [1.82, 2.24) is 0 Å². The minimum Gasteiger partial charge on any atom is -0.396 e. The first kappa shape index (κ1) is 12.6. The van der Waals surface area contributed by atoms with E-state index < -0.39 is 0 Å². The minimum atomic E-state index is 0.550. The van der Waals surface area contributed by atoms with Crippen LogP contribution in [0.2, 0.25) is 5.02 Å². The molecule has 1 fully saturated rings. The summed E-state index contributed by atoms with van der Waals surface area (Å²) >= 11 is 6.02. The Hall–Kier alpha value is -0.890. The van der Waals surface area contributed by atoms with Gasteiger partial charge in [-0.15, -0.1) is 0 Å². The van der Waals surface area contributed by atoms with E-state index in [1.54, 1.807) is 0 Å². The number of benzene rings is 1. The van der Waals surface area contributed by atoms with Gasteiger partial charge in [-0.05, 0) is 30.9 Å². The van der Waals surface area contributed by atoms with Gasteiger partial charge in [-0.3, -0.25) is 0 Å². The van der Waals surface area contributed by atoms with Crippen LogP contribution in [0.3, 0.4) is 0 Å². The van der Waals surface area contributed by atoms with Gasteiger partial charge >= 0.3 is 0 Å². The number of para-hydroxylation sites is 1. The molecule has 0 spiro atoms. The first-order valence-electron chi connectivity index (χ1n) is 6.51. The largest absolute Gasteiger partial charge is 0.396 e. The van der Waals surface area contributed by atoms with Crippen molar-refractivity contribution in [1.29, 1.82) is 0 Å². The Bertz CT molecular complexity index is 378. The van der Waals surface area contributed by atoms with E-state index in [-0.39, 0.29) is 0 Å². The monoisotopic (exact) mass is 252 g/mol. The Labute approximate surface area is 109 Å². The summed E-state index contributed by atoms with van der Waals surface area (Å²) in [5.74, 6) is 0.863. The lowest BCUT2D eigenvalue weighted by atomic mass is 9.84. The van der Waals surface area contributed by atoms with Crippen LogP contribution >= 0.6 is 11.6 Å². The van der Waals surface area contributed by atoms with Gasteiger partial charge in [0.25, 0.3) is 0 Å². The molecule has 2 rings (SSSR count). The smallest absolute Gasteiger partial charge is 0.0739 e. The lowest BCUT2D eigenvalue weighted by Crippen LogP contribution is -2.27. The van der Waals surface area contributed by atoms with Crippen molar-refractivity contribution in [2.45, 2.75) is 45.1 Å². The minimum absolute atomic E-state index is 0.550. The predicted molar refractivity (Wildman–Crippen MR) is 75.5 cm³/mol. The van der Waals surface area contributed by atoms with Crippen molar-refractivity contribution in [2.75, 3.05) is 11.1 Å². The highest BCUT2D eigenvalue weighted by Crippen LogP contribution is 2.32. The number of hydrogen-bond acceptors (Lipinski definition) is 2. The van der Waals surface area contributed by atoms with Crippen molar-refractivity contribution in [3.8, 4) is 0 Å². The summed E-state index contributed by atoms with van der Waals surface area (Å²) in [5, 5.41) is 4.18. The van der Waals surface area contributed by atoms with E-state index in [0.717, 1.165) is 11.6 Å². The molecule has 1 saturated carbocycles. The summed E-state index contributed by atoms with van der Waals surface area (Å²) in [6, 6.07) is 6.34. The molecule has 17 heavy (non-hydrogen) atoms. The highest BCUT2D eigenvalue weighted by Gasteiger charge is 2.21. The number of hydrogen-bond donors (Lipinski definition) is 2. The van der Waals surface area contributed by atoms with Crippen molar-refractivity contribution in [3.05, 3.63) is 23.2 Å². The molecule has 0 amide bonds. The first-order valence-corrected chi connectivity index (χ1v) is 6.89. The van der Waals surface area contributed by atoms with Gasteiger partial charge in [-0.2, -0.15) is 0 Å². The summed E-state index contributed by atoms with van der Waals surface area (Å²) in [4.78, 5) is 0. The number of nitrogen functional groups attached to an aromatic ring is 1. The molecule has 0 saturated heterocycles. The molecular weight excluding hydrogens is 232 g/mol. The molecule has 2 nitrogen and oxygen atoms in total. The van der Waals surface area contributed by atoms with Gasteiger partial charge in [-0.1, -0.05) is 43.9 Å². The van der Waals surface area contributed by atoms with Gasteiger partial charge < -0.3 is 11.1 Å². The Morgan fingerprint density at radius 2 is 2.24 bits per heavy atom. The molecule has 2 atom stereocenters. The molecule has 1 aliphatic carbocycles. The van der Waals surface area contributed by atoms with Crippen LogP contribution in [0.4, 0.5) is 11.4 Å². The molecule has 94 valence electrons. The number of nitrogens with two attached hydrogens (primary N) is 1. The maximum Gasteiger partial charge on any atom is 0.0739 e. The average Bonchev–Trinajstić information content (AvgIpc) is 2.35. The first-order chi connectivity index (χ1) is 8.20. The van der Waals surface area contributed by atoms with E-state index in [1.807, 2.05) is 18.2 Å². The Morgan fingerprint density at radius 3 is 3.00 bits per heavy atom. The Balaban J connectivity index is 2.02. The topological polar surface area (TPSA) is 38.0 Å². The van der Waals surface area contributed by atoms with Gasteiger partial charge in [0.15, 0.2) is 0 Å². The van der Waals surface area contributed by atoms with Crippen molar-refractivity contribution >= 4 is 23.0 Å². The van der Waals surface area contributed by atoms with Gasteiger partial charge in [0.1, 0.15) is 0 Å². The van der Waals surface area contributed by atoms with Gasteiger partial charge in [0, 0.05) is 6.04 Å². The van der Waals surface area contributed by atoms with Crippen molar-refractivity contribution < 1.29 is 0 Å². The lowest BCUT2D eigenvalue weighted by Gasteiger charge is -2.30. The normalized spacial score (nSPS) is 24.6. The zero-order valence-electron chi connectivity index (χ0n) is 10.4. The lowest BCUT2D eigenvalue weighted by molar-refractivity contribution is 0.327. The molecule has 3 N–H and O–H groups in total. The van der Waals surface area contributed by atoms with E-state index in [0.29, 0.717) is 16.8 Å². The van der Waals surface area contributed by atoms with Crippen LogP contribution in [0.15, 0.2) is 18.2 Å². The van der Waals surface area contributed by atoms with Crippen molar-refractivity contribution in [2.24, 2.45) is 5.92 Å². The molecule has 0 aromatic heterocycles. The van der Waals surface area contributed by atoms with Crippen LogP contribution in [0.1, 0.15) is 39.0 Å². The maximum atomic E-state index is 6.02. The Kier molecular flexibility index (Phi) is 4.16. The van der Waals surface area contributed by atoms with Crippen LogP contribution in [0, 0.1) is 5.92 Å². The molecule has 1 aromatic carbocycles. The molecule has 1 aromatic rings. The van der Waals surface area contributed by atoms with E-state index in [2.05, 4.69) is 12.2 Å². The second kappa shape index (κ2) is 5.63. The number of anilines is 2. The molecule has 0 radical (unpaired) electrons. The summed E-state index contributed by atoms with van der Waals surface area (Å²) in [7, 11) is 0. The molecule has 0 bridgehead atoms. The van der Waals surface area contributed by atoms with Crippen LogP contribution in [-0.2, 0) is 0 Å². The second-order valence-corrected chi connectivity index (χ2v) is 5.39. The number of rotatable bonds is 3. The Morgan fingerprint density at radius 1 is 1.41 bits per heavy atom. The van der Waals surface area contributed by atoms with Gasteiger partial charge in [0.05, 0.1) is 16.4 Å². The highest BCUT2D eigenvalue weighted by molar-refractivity contribution is 6.33. The predicted octanol–water partition coefficient (Wildman–Crippen LogP) is 4.30. The third-order valence-electron chi connectivity index (χ3n) is 3.77. The third-order valence-corrected chi connectivity index (χ3v) is 4.10. The zero-order chi connectivity index (χ0) is 12.3. The standard InChI is InChI=1S/C14H21ClN2/c1-2-10-5-3-6-11(9-10)17-13-8-4-7-12(15)14(13)16/h4,7-8,10-11,17H,2-3,5-6,9,16H2,1H3. The third kappa shape index (κ3) is 3.06. The van der Waals surface area contributed by atoms with E-state index >= 15 is 0 Å². The SMILES string of the molecule is CCC1CCCC(Nc2cccc(Cl)c2N)C1. The molecule has 2 unspecified atom stereocenters. The summed E-state index contributed by atoms with van der Waals surface area (Å²) in [6.07, 6.45) is 6.46. The highest BCUT2D eigenvalue weighted by atomic mass is 35.5. The zero-order valence-corrected chi connectivity index (χ0v) is 11.1. The summed E-state index contributed by atoms with van der Waals surface area (Å²) < 4.78 is 0. The molecule has 1 aliphatic rings. The molecule has 3 heteroatoms. The fourth-order valence-corrected chi connectivity index (χ4v) is 2.85. The van der Waals surface area contributed by atoms with E-state index in [4.69, 9.17) is 17.3 Å². The summed E-state index contributed by atoms with van der Waals surface area (Å²) in [5.41, 5.74) is 7.63. The maximum absolute atomic E-state index is 6.02. The average molecular weight is 253 g/mol. The van der Waals surface area contributed by atoms with Crippen LogP contribution in [0.25, 0.3) is 0 Å². The number of halogens is 1. The van der Waals surface area contributed by atoms with Crippen LogP contribution in [0.5, 0.6) is 0 Å². The van der Waals surface area contributed by atoms with Crippen LogP contribution in [-0.4, -0.2) is 6.04 Å². The summed E-state index contributed by atoms with van der Waals surface area (Å²) in [6.45, 7) is 2.28. The fourth-order valence-electron chi connectivity index (χ4n) is 2.68. The van der Waals surface area contributed by atoms with E-state index in [9.17, 15) is 0 Å². The molecular formula is C14H21ClN2.